The molecular weight excluding hydrogens is 334 g/mol. The molecule has 2 heterocycles. The smallest absolute Gasteiger partial charge is 0.276 e. The molecule has 0 aliphatic carbocycles. The number of fused-ring (bicyclic) bond motifs is 1. The molecule has 0 radical (unpaired) electrons. The average molecular weight is 357 g/mol. The highest BCUT2D eigenvalue weighted by Crippen LogP contribution is 2.28. The minimum atomic E-state index is -0.305. The summed E-state index contributed by atoms with van der Waals surface area (Å²) in [5, 5.41) is 12.3. The molecule has 26 heavy (non-hydrogen) atoms. The van der Waals surface area contributed by atoms with E-state index in [0.717, 1.165) is 10.9 Å². The summed E-state index contributed by atoms with van der Waals surface area (Å²) < 4.78 is 14.5. The van der Waals surface area contributed by atoms with Crippen molar-refractivity contribution >= 4 is 22.5 Å². The molecule has 1 N–H and O–H groups in total. The summed E-state index contributed by atoms with van der Waals surface area (Å²) in [5.74, 6) is 0.791. The lowest BCUT2D eigenvalue weighted by Crippen LogP contribution is -2.13. The summed E-state index contributed by atoms with van der Waals surface area (Å²) in [4.78, 5) is 12.5. The van der Waals surface area contributed by atoms with Gasteiger partial charge in [-0.05, 0) is 39.0 Å². The normalized spacial score (nSPS) is 11.2. The molecule has 0 aliphatic heterocycles. The number of benzene rings is 1. The molecule has 0 bridgehead atoms. The number of ether oxygens (including phenoxy) is 2. The van der Waals surface area contributed by atoms with E-state index in [0.29, 0.717) is 29.7 Å². The van der Waals surface area contributed by atoms with E-state index in [1.807, 2.05) is 46.0 Å². The minimum Gasteiger partial charge on any atom is -0.478 e. The Morgan fingerprint density at radius 2 is 1.96 bits per heavy atom. The van der Waals surface area contributed by atoms with Crippen LogP contribution in [0.25, 0.3) is 10.9 Å². The second kappa shape index (κ2) is 7.07. The van der Waals surface area contributed by atoms with Gasteiger partial charge in [-0.3, -0.25) is 9.48 Å². The second-order valence-corrected chi connectivity index (χ2v) is 6.21. The quantitative estimate of drug-likeness (QED) is 0.733. The van der Waals surface area contributed by atoms with E-state index >= 15 is 0 Å². The number of aryl methyl sites for hydroxylation is 2. The first kappa shape index (κ1) is 17.8. The Hall–Kier alpha value is -3.03. The predicted octanol–water partition coefficient (Wildman–Crippen LogP) is 2.75. The Bertz CT molecular complexity index is 942. The van der Waals surface area contributed by atoms with Gasteiger partial charge < -0.3 is 14.8 Å². The number of amides is 1. The summed E-state index contributed by atoms with van der Waals surface area (Å²) in [5.41, 5.74) is 1.86. The molecule has 0 unspecified atom stereocenters. The van der Waals surface area contributed by atoms with Gasteiger partial charge in [0.05, 0.1) is 23.6 Å². The van der Waals surface area contributed by atoms with Gasteiger partial charge in [-0.25, -0.2) is 4.68 Å². The molecule has 0 saturated carbocycles. The highest BCUT2D eigenvalue weighted by atomic mass is 16.5. The van der Waals surface area contributed by atoms with Gasteiger partial charge >= 0.3 is 0 Å². The van der Waals surface area contributed by atoms with E-state index in [1.165, 1.54) is 4.68 Å². The molecule has 8 nitrogen and oxygen atoms in total. The summed E-state index contributed by atoms with van der Waals surface area (Å²) >= 11 is 0. The first-order valence-corrected chi connectivity index (χ1v) is 8.50. The van der Waals surface area contributed by atoms with Gasteiger partial charge in [0.25, 0.3) is 5.91 Å². The third kappa shape index (κ3) is 3.49. The van der Waals surface area contributed by atoms with Crippen molar-refractivity contribution in [3.8, 4) is 11.8 Å². The van der Waals surface area contributed by atoms with E-state index in [-0.39, 0.29) is 12.0 Å². The first-order chi connectivity index (χ1) is 12.4. The SMILES string of the molecule is CCOc1cc(C(=O)Nc2ccc3c(c2)c(OC(C)C)nn3C)nn1C. The molecule has 1 amide bonds. The zero-order chi connectivity index (χ0) is 18.8. The Labute approximate surface area is 151 Å². The van der Waals surface area contributed by atoms with Gasteiger partial charge in [-0.2, -0.15) is 5.10 Å². The van der Waals surface area contributed by atoms with Crippen LogP contribution >= 0.6 is 0 Å². The predicted molar refractivity (Wildman–Crippen MR) is 98.8 cm³/mol. The van der Waals surface area contributed by atoms with Crippen LogP contribution in [0, 0.1) is 0 Å². The van der Waals surface area contributed by atoms with Crippen molar-refractivity contribution in [1.29, 1.82) is 0 Å². The van der Waals surface area contributed by atoms with E-state index in [9.17, 15) is 4.79 Å². The maximum absolute atomic E-state index is 12.5. The number of anilines is 1. The number of hydrogen-bond acceptors (Lipinski definition) is 5. The molecule has 3 aromatic rings. The Morgan fingerprint density at radius 3 is 2.65 bits per heavy atom. The maximum Gasteiger partial charge on any atom is 0.276 e. The fourth-order valence-electron chi connectivity index (χ4n) is 2.66. The average Bonchev–Trinajstić information content (AvgIpc) is 3.08. The number of nitrogens with zero attached hydrogens (tertiary/aromatic N) is 4. The highest BCUT2D eigenvalue weighted by molar-refractivity contribution is 6.04. The van der Waals surface area contributed by atoms with Crippen LogP contribution in [-0.2, 0) is 14.1 Å². The van der Waals surface area contributed by atoms with Crippen molar-refractivity contribution < 1.29 is 14.3 Å². The van der Waals surface area contributed by atoms with Gasteiger partial charge in [0, 0.05) is 25.8 Å². The van der Waals surface area contributed by atoms with Crippen LogP contribution in [0.4, 0.5) is 5.69 Å². The van der Waals surface area contributed by atoms with Gasteiger partial charge in [-0.15, -0.1) is 5.10 Å². The fourth-order valence-corrected chi connectivity index (χ4v) is 2.66. The van der Waals surface area contributed by atoms with Gasteiger partial charge in [0.2, 0.25) is 11.8 Å². The maximum atomic E-state index is 12.5. The lowest BCUT2D eigenvalue weighted by Gasteiger charge is -2.07. The van der Waals surface area contributed by atoms with Gasteiger partial charge in [-0.1, -0.05) is 0 Å². The van der Waals surface area contributed by atoms with Crippen molar-refractivity contribution in [2.45, 2.75) is 26.9 Å². The summed E-state index contributed by atoms with van der Waals surface area (Å²) in [6.07, 6.45) is 0.0110. The fraction of sp³-hybridized carbons (Fsp3) is 0.389. The Balaban J connectivity index is 1.86. The van der Waals surface area contributed by atoms with E-state index in [2.05, 4.69) is 15.5 Å². The molecule has 138 valence electrons. The number of aromatic nitrogens is 4. The lowest BCUT2D eigenvalue weighted by molar-refractivity contribution is 0.102. The largest absolute Gasteiger partial charge is 0.478 e. The number of rotatable bonds is 6. The number of hydrogen-bond donors (Lipinski definition) is 1. The van der Waals surface area contributed by atoms with Crippen LogP contribution < -0.4 is 14.8 Å². The van der Waals surface area contributed by atoms with Crippen molar-refractivity contribution in [3.63, 3.8) is 0 Å². The topological polar surface area (TPSA) is 83.2 Å². The molecule has 0 spiro atoms. The Kier molecular flexibility index (Phi) is 4.83. The van der Waals surface area contributed by atoms with Crippen LogP contribution in [0.3, 0.4) is 0 Å². The molecule has 8 heteroatoms. The van der Waals surface area contributed by atoms with Gasteiger partial charge in [0.15, 0.2) is 5.69 Å². The number of carbonyl (C=O) groups is 1. The molecule has 2 aromatic heterocycles. The van der Waals surface area contributed by atoms with E-state index in [1.54, 1.807) is 17.8 Å². The molecule has 3 rings (SSSR count). The molecular formula is C18H23N5O3. The van der Waals surface area contributed by atoms with Crippen molar-refractivity contribution in [2.24, 2.45) is 14.1 Å². The number of nitrogens with one attached hydrogen (secondary N) is 1. The highest BCUT2D eigenvalue weighted by Gasteiger charge is 2.16. The zero-order valence-electron chi connectivity index (χ0n) is 15.6. The third-order valence-corrected chi connectivity index (χ3v) is 3.78. The molecule has 0 atom stereocenters. The molecule has 0 fully saturated rings. The van der Waals surface area contributed by atoms with Crippen LogP contribution in [0.5, 0.6) is 11.8 Å². The first-order valence-electron chi connectivity index (χ1n) is 8.50. The molecule has 1 aromatic carbocycles. The second-order valence-electron chi connectivity index (χ2n) is 6.21. The Morgan fingerprint density at radius 1 is 1.19 bits per heavy atom. The minimum absolute atomic E-state index is 0.0110. The molecule has 0 saturated heterocycles. The summed E-state index contributed by atoms with van der Waals surface area (Å²) in [6.45, 7) is 6.29. The van der Waals surface area contributed by atoms with Crippen molar-refractivity contribution in [3.05, 3.63) is 30.0 Å². The van der Waals surface area contributed by atoms with Crippen LogP contribution in [0.2, 0.25) is 0 Å². The van der Waals surface area contributed by atoms with E-state index < -0.39 is 0 Å². The standard InChI is InChI=1S/C18H23N5O3/c1-6-25-16-10-14(20-23(16)5)17(24)19-12-7-8-15-13(9-12)18(21-22(15)4)26-11(2)3/h7-11H,6H2,1-5H3,(H,19,24). The summed E-state index contributed by atoms with van der Waals surface area (Å²) in [6, 6.07) is 7.20. The zero-order valence-corrected chi connectivity index (χ0v) is 15.6. The van der Waals surface area contributed by atoms with Crippen LogP contribution in [0.15, 0.2) is 24.3 Å². The lowest BCUT2D eigenvalue weighted by atomic mass is 10.2. The van der Waals surface area contributed by atoms with Crippen molar-refractivity contribution in [1.82, 2.24) is 19.6 Å². The van der Waals surface area contributed by atoms with Crippen molar-refractivity contribution in [2.75, 3.05) is 11.9 Å². The van der Waals surface area contributed by atoms with Gasteiger partial charge in [0.1, 0.15) is 0 Å². The summed E-state index contributed by atoms with van der Waals surface area (Å²) in [7, 11) is 3.59. The van der Waals surface area contributed by atoms with Crippen LogP contribution in [0.1, 0.15) is 31.3 Å². The van der Waals surface area contributed by atoms with Crippen LogP contribution in [-0.4, -0.2) is 38.2 Å². The molecule has 0 aliphatic rings. The number of carbonyl (C=O) groups excluding carboxylic acids is 1. The van der Waals surface area contributed by atoms with E-state index in [4.69, 9.17) is 9.47 Å². The third-order valence-electron chi connectivity index (χ3n) is 3.78. The monoisotopic (exact) mass is 357 g/mol.